The molecule has 1 aromatic carbocycles. The lowest BCUT2D eigenvalue weighted by atomic mass is 10.1. The lowest BCUT2D eigenvalue weighted by molar-refractivity contribution is -0.133. The van der Waals surface area contributed by atoms with Crippen molar-refractivity contribution in [3.8, 4) is 0 Å². The van der Waals surface area contributed by atoms with Crippen LogP contribution >= 0.6 is 11.3 Å². The first kappa shape index (κ1) is 20.6. The first-order valence-corrected chi connectivity index (χ1v) is 9.35. The van der Waals surface area contributed by atoms with Crippen LogP contribution in [0.2, 0.25) is 0 Å². The SMILES string of the molecule is CC(=O)Nc1sc(C)c(C)c1C(=O)OCC(=O)N(C)Cc1ccc(C)cc1. The monoisotopic (exact) mass is 388 g/mol. The molecule has 6 nitrogen and oxygen atoms in total. The van der Waals surface area contributed by atoms with Gasteiger partial charge in [0, 0.05) is 25.4 Å². The summed E-state index contributed by atoms with van der Waals surface area (Å²) >= 11 is 1.31. The number of esters is 1. The van der Waals surface area contributed by atoms with E-state index in [9.17, 15) is 14.4 Å². The molecule has 0 aliphatic heterocycles. The van der Waals surface area contributed by atoms with Crippen LogP contribution in [-0.4, -0.2) is 36.3 Å². The molecular formula is C20H24N2O4S. The number of nitrogens with zero attached hydrogens (tertiary/aromatic N) is 1. The average Bonchev–Trinajstić information content (AvgIpc) is 2.87. The molecule has 0 radical (unpaired) electrons. The number of amides is 2. The summed E-state index contributed by atoms with van der Waals surface area (Å²) in [5.41, 5.74) is 3.20. The third kappa shape index (κ3) is 5.40. The summed E-state index contributed by atoms with van der Waals surface area (Å²) < 4.78 is 5.21. The minimum Gasteiger partial charge on any atom is -0.452 e. The predicted molar refractivity (Wildman–Crippen MR) is 106 cm³/mol. The van der Waals surface area contributed by atoms with Gasteiger partial charge in [0.05, 0.1) is 5.56 Å². The van der Waals surface area contributed by atoms with Crippen LogP contribution in [0.1, 0.15) is 38.8 Å². The van der Waals surface area contributed by atoms with Gasteiger partial charge in [0.1, 0.15) is 5.00 Å². The van der Waals surface area contributed by atoms with Gasteiger partial charge in [-0.3, -0.25) is 9.59 Å². The van der Waals surface area contributed by atoms with Crippen LogP contribution < -0.4 is 5.32 Å². The highest BCUT2D eigenvalue weighted by Gasteiger charge is 2.23. The van der Waals surface area contributed by atoms with E-state index in [0.717, 1.165) is 21.6 Å². The second-order valence-electron chi connectivity index (χ2n) is 6.48. The fourth-order valence-corrected chi connectivity index (χ4v) is 3.58. The van der Waals surface area contributed by atoms with Crippen molar-refractivity contribution in [2.45, 2.75) is 34.2 Å². The van der Waals surface area contributed by atoms with Crippen molar-refractivity contribution in [1.29, 1.82) is 0 Å². The fourth-order valence-electron chi connectivity index (χ4n) is 2.49. The van der Waals surface area contributed by atoms with Crippen LogP contribution in [0.25, 0.3) is 0 Å². The molecule has 0 saturated heterocycles. The Hall–Kier alpha value is -2.67. The number of thiophene rings is 1. The smallest absolute Gasteiger partial charge is 0.341 e. The number of carbonyl (C=O) groups excluding carboxylic acids is 3. The number of nitrogens with one attached hydrogen (secondary N) is 1. The van der Waals surface area contributed by atoms with E-state index in [0.29, 0.717) is 17.1 Å². The quantitative estimate of drug-likeness (QED) is 0.769. The number of rotatable bonds is 6. The number of anilines is 1. The molecule has 0 bridgehead atoms. The van der Waals surface area contributed by atoms with E-state index in [-0.39, 0.29) is 18.4 Å². The van der Waals surface area contributed by atoms with Gasteiger partial charge in [-0.15, -0.1) is 11.3 Å². The summed E-state index contributed by atoms with van der Waals surface area (Å²) in [7, 11) is 1.67. The van der Waals surface area contributed by atoms with Crippen LogP contribution in [0.5, 0.6) is 0 Å². The first-order valence-electron chi connectivity index (χ1n) is 8.53. The van der Waals surface area contributed by atoms with Crippen molar-refractivity contribution in [3.05, 3.63) is 51.4 Å². The van der Waals surface area contributed by atoms with E-state index < -0.39 is 5.97 Å². The zero-order valence-corrected chi connectivity index (χ0v) is 17.0. The van der Waals surface area contributed by atoms with Crippen molar-refractivity contribution in [2.24, 2.45) is 0 Å². The van der Waals surface area contributed by atoms with E-state index >= 15 is 0 Å². The summed E-state index contributed by atoms with van der Waals surface area (Å²) in [5, 5.41) is 3.09. The lowest BCUT2D eigenvalue weighted by Gasteiger charge is -2.17. The van der Waals surface area contributed by atoms with Gasteiger partial charge < -0.3 is 15.0 Å². The Morgan fingerprint density at radius 1 is 1.11 bits per heavy atom. The van der Waals surface area contributed by atoms with Gasteiger partial charge in [-0.1, -0.05) is 29.8 Å². The Labute approximate surface area is 163 Å². The van der Waals surface area contributed by atoms with Crippen LogP contribution in [0, 0.1) is 20.8 Å². The first-order chi connectivity index (χ1) is 12.7. The van der Waals surface area contributed by atoms with Crippen LogP contribution in [0.4, 0.5) is 5.00 Å². The molecule has 0 atom stereocenters. The second-order valence-corrected chi connectivity index (χ2v) is 7.70. The maximum atomic E-state index is 12.5. The third-order valence-corrected chi connectivity index (χ3v) is 5.29. The highest BCUT2D eigenvalue weighted by Crippen LogP contribution is 2.32. The molecule has 0 spiro atoms. The lowest BCUT2D eigenvalue weighted by Crippen LogP contribution is -2.31. The number of aryl methyl sites for hydroxylation is 2. The number of hydrogen-bond acceptors (Lipinski definition) is 5. The van der Waals surface area contributed by atoms with Gasteiger partial charge in [0.25, 0.3) is 5.91 Å². The number of likely N-dealkylation sites (N-methyl/N-ethyl adjacent to an activating group) is 1. The minimum atomic E-state index is -0.613. The van der Waals surface area contributed by atoms with E-state index in [1.807, 2.05) is 38.1 Å². The zero-order chi connectivity index (χ0) is 20.1. The summed E-state index contributed by atoms with van der Waals surface area (Å²) in [6.45, 7) is 7.12. The van der Waals surface area contributed by atoms with Crippen LogP contribution in [0.15, 0.2) is 24.3 Å². The third-order valence-electron chi connectivity index (χ3n) is 4.17. The maximum absolute atomic E-state index is 12.5. The highest BCUT2D eigenvalue weighted by atomic mass is 32.1. The van der Waals surface area contributed by atoms with Gasteiger partial charge in [-0.2, -0.15) is 0 Å². The Kier molecular flexibility index (Phi) is 6.74. The molecule has 2 rings (SSSR count). The van der Waals surface area contributed by atoms with E-state index in [1.54, 1.807) is 14.0 Å². The van der Waals surface area contributed by atoms with Crippen LogP contribution in [-0.2, 0) is 20.9 Å². The van der Waals surface area contributed by atoms with Gasteiger partial charge >= 0.3 is 5.97 Å². The largest absolute Gasteiger partial charge is 0.452 e. The Balaban J connectivity index is 1.99. The Morgan fingerprint density at radius 3 is 2.33 bits per heavy atom. The van der Waals surface area contributed by atoms with Crippen molar-refractivity contribution in [3.63, 3.8) is 0 Å². The molecular weight excluding hydrogens is 364 g/mol. The molecule has 144 valence electrons. The summed E-state index contributed by atoms with van der Waals surface area (Å²) in [4.78, 5) is 38.5. The zero-order valence-electron chi connectivity index (χ0n) is 16.2. The molecule has 1 heterocycles. The van der Waals surface area contributed by atoms with Gasteiger partial charge in [0.2, 0.25) is 5.91 Å². The Morgan fingerprint density at radius 2 is 1.74 bits per heavy atom. The number of hydrogen-bond donors (Lipinski definition) is 1. The summed E-state index contributed by atoms with van der Waals surface area (Å²) in [6.07, 6.45) is 0. The Bertz CT molecular complexity index is 856. The molecule has 0 aliphatic carbocycles. The maximum Gasteiger partial charge on any atom is 0.341 e. The number of carbonyl (C=O) groups is 3. The molecule has 0 unspecified atom stereocenters. The van der Waals surface area contributed by atoms with Crippen molar-refractivity contribution in [1.82, 2.24) is 4.90 Å². The second kappa shape index (κ2) is 8.81. The normalized spacial score (nSPS) is 10.4. The van der Waals surface area contributed by atoms with Gasteiger partial charge in [-0.05, 0) is 31.9 Å². The number of ether oxygens (including phenoxy) is 1. The van der Waals surface area contributed by atoms with Crippen LogP contribution in [0.3, 0.4) is 0 Å². The molecule has 0 saturated carbocycles. The highest BCUT2D eigenvalue weighted by molar-refractivity contribution is 7.16. The van der Waals surface area contributed by atoms with Crippen molar-refractivity contribution in [2.75, 3.05) is 19.0 Å². The average molecular weight is 388 g/mol. The predicted octanol–water partition coefficient (Wildman–Crippen LogP) is 3.45. The van der Waals surface area contributed by atoms with E-state index in [1.165, 1.54) is 23.2 Å². The molecule has 2 aromatic rings. The minimum absolute atomic E-state index is 0.265. The topological polar surface area (TPSA) is 75.7 Å². The molecule has 1 aromatic heterocycles. The molecule has 2 amide bonds. The summed E-state index contributed by atoms with van der Waals surface area (Å²) in [5.74, 6) is -1.17. The molecule has 7 heteroatoms. The standard InChI is InChI=1S/C20H24N2O4S/c1-12-6-8-16(9-7-12)10-22(5)17(24)11-26-20(25)18-13(2)14(3)27-19(18)21-15(4)23/h6-9H,10-11H2,1-5H3,(H,21,23). The molecule has 0 fully saturated rings. The number of benzene rings is 1. The molecule has 1 N–H and O–H groups in total. The van der Waals surface area contributed by atoms with Gasteiger partial charge in [-0.25, -0.2) is 4.79 Å². The molecule has 0 aliphatic rings. The summed E-state index contributed by atoms with van der Waals surface area (Å²) in [6, 6.07) is 7.89. The molecule has 27 heavy (non-hydrogen) atoms. The van der Waals surface area contributed by atoms with Gasteiger partial charge in [0.15, 0.2) is 6.61 Å². The fraction of sp³-hybridized carbons (Fsp3) is 0.350. The van der Waals surface area contributed by atoms with E-state index in [2.05, 4.69) is 5.32 Å². The van der Waals surface area contributed by atoms with Crippen molar-refractivity contribution >= 4 is 34.1 Å². The van der Waals surface area contributed by atoms with E-state index in [4.69, 9.17) is 4.74 Å². The van der Waals surface area contributed by atoms with Crippen molar-refractivity contribution < 1.29 is 19.1 Å².